The van der Waals surface area contributed by atoms with E-state index in [4.69, 9.17) is 28.4 Å². The van der Waals surface area contributed by atoms with E-state index in [1.165, 1.54) is 0 Å². The van der Waals surface area contributed by atoms with E-state index in [0.29, 0.717) is 13.2 Å². The first kappa shape index (κ1) is 15.5. The Morgan fingerprint density at radius 1 is 0.950 bits per heavy atom. The van der Waals surface area contributed by atoms with Crippen LogP contribution in [0.15, 0.2) is 0 Å². The fourth-order valence-corrected chi connectivity index (χ4v) is 2.05. The molecule has 116 valence electrons. The summed E-state index contributed by atoms with van der Waals surface area (Å²) in [6, 6.07) is 0. The molecule has 0 aromatic carbocycles. The molecular weight excluding hydrogens is 268 g/mol. The van der Waals surface area contributed by atoms with Gasteiger partial charge < -0.3 is 28.4 Å². The zero-order valence-electron chi connectivity index (χ0n) is 12.3. The third-order valence-electron chi connectivity index (χ3n) is 2.91. The van der Waals surface area contributed by atoms with Crippen molar-refractivity contribution < 1.29 is 33.2 Å². The molecule has 20 heavy (non-hydrogen) atoms. The van der Waals surface area contributed by atoms with Crippen LogP contribution in [0.2, 0.25) is 0 Å². The van der Waals surface area contributed by atoms with Gasteiger partial charge in [-0.25, -0.2) is 4.79 Å². The van der Waals surface area contributed by atoms with Crippen molar-refractivity contribution in [2.45, 2.75) is 51.5 Å². The summed E-state index contributed by atoms with van der Waals surface area (Å²) in [7, 11) is 0. The molecule has 0 amide bonds. The van der Waals surface area contributed by atoms with Crippen molar-refractivity contribution in [2.75, 3.05) is 26.4 Å². The summed E-state index contributed by atoms with van der Waals surface area (Å²) in [4.78, 5) is 11.4. The van der Waals surface area contributed by atoms with Crippen LogP contribution < -0.4 is 0 Å². The fraction of sp³-hybridized carbons (Fsp3) is 0.923. The predicted octanol–water partition coefficient (Wildman–Crippen LogP) is 1.44. The van der Waals surface area contributed by atoms with Crippen LogP contribution in [0.1, 0.15) is 27.7 Å². The largest absolute Gasteiger partial charge is 0.508 e. The highest BCUT2D eigenvalue weighted by Crippen LogP contribution is 2.23. The Hall–Kier alpha value is -0.890. The second-order valence-electron chi connectivity index (χ2n) is 5.77. The highest BCUT2D eigenvalue weighted by atomic mass is 16.8. The predicted molar refractivity (Wildman–Crippen MR) is 67.1 cm³/mol. The minimum atomic E-state index is -0.744. The van der Waals surface area contributed by atoms with Gasteiger partial charge in [-0.1, -0.05) is 0 Å². The molecule has 2 rings (SSSR count). The van der Waals surface area contributed by atoms with Crippen LogP contribution in [0.5, 0.6) is 0 Å². The second-order valence-corrected chi connectivity index (χ2v) is 5.77. The Balaban J connectivity index is 1.59. The summed E-state index contributed by atoms with van der Waals surface area (Å²) >= 11 is 0. The molecule has 0 saturated carbocycles. The Morgan fingerprint density at radius 3 is 1.65 bits per heavy atom. The van der Waals surface area contributed by atoms with Crippen LogP contribution in [0.3, 0.4) is 0 Å². The monoisotopic (exact) mass is 290 g/mol. The van der Waals surface area contributed by atoms with Gasteiger partial charge in [0.1, 0.15) is 25.4 Å². The molecule has 7 heteroatoms. The van der Waals surface area contributed by atoms with Gasteiger partial charge in [0.15, 0.2) is 11.6 Å². The molecule has 0 aromatic rings. The fourth-order valence-electron chi connectivity index (χ4n) is 2.05. The molecule has 2 heterocycles. The van der Waals surface area contributed by atoms with E-state index in [9.17, 15) is 4.79 Å². The third kappa shape index (κ3) is 4.59. The Bertz CT molecular complexity index is 321. The molecular formula is C13H22O7. The van der Waals surface area contributed by atoms with Gasteiger partial charge in [0.05, 0.1) is 13.2 Å². The Labute approximate surface area is 118 Å². The van der Waals surface area contributed by atoms with Gasteiger partial charge in [-0.15, -0.1) is 0 Å². The van der Waals surface area contributed by atoms with Gasteiger partial charge in [-0.2, -0.15) is 0 Å². The first-order chi connectivity index (χ1) is 9.26. The topological polar surface area (TPSA) is 72.5 Å². The molecule has 0 unspecified atom stereocenters. The average Bonchev–Trinajstić information content (AvgIpc) is 2.86. The number of rotatable bonds is 4. The lowest BCUT2D eigenvalue weighted by atomic mass is 10.4. The highest BCUT2D eigenvalue weighted by Gasteiger charge is 2.35. The van der Waals surface area contributed by atoms with E-state index in [-0.39, 0.29) is 25.4 Å². The molecule has 7 nitrogen and oxygen atoms in total. The van der Waals surface area contributed by atoms with E-state index in [2.05, 4.69) is 0 Å². The summed E-state index contributed by atoms with van der Waals surface area (Å²) in [5.41, 5.74) is 0. The third-order valence-corrected chi connectivity index (χ3v) is 2.91. The van der Waals surface area contributed by atoms with Gasteiger partial charge in [0.25, 0.3) is 0 Å². The molecule has 0 bridgehead atoms. The minimum absolute atomic E-state index is 0.107. The van der Waals surface area contributed by atoms with Crippen molar-refractivity contribution in [1.82, 2.24) is 0 Å². The summed E-state index contributed by atoms with van der Waals surface area (Å²) < 4.78 is 31.7. The van der Waals surface area contributed by atoms with Crippen LogP contribution in [-0.2, 0) is 28.4 Å². The lowest BCUT2D eigenvalue weighted by Gasteiger charge is -2.17. The zero-order valence-corrected chi connectivity index (χ0v) is 12.3. The van der Waals surface area contributed by atoms with Crippen molar-refractivity contribution in [3.63, 3.8) is 0 Å². The normalized spacial score (nSPS) is 31.2. The first-order valence-electron chi connectivity index (χ1n) is 6.69. The van der Waals surface area contributed by atoms with Crippen molar-refractivity contribution in [3.8, 4) is 0 Å². The molecule has 0 aromatic heterocycles. The van der Waals surface area contributed by atoms with E-state index >= 15 is 0 Å². The van der Waals surface area contributed by atoms with Gasteiger partial charge in [0, 0.05) is 0 Å². The van der Waals surface area contributed by atoms with Crippen molar-refractivity contribution in [2.24, 2.45) is 0 Å². The maximum absolute atomic E-state index is 11.4. The standard InChI is InChI=1S/C13H22O7/c1-12(2)17-7-9(19-12)5-15-11(14)16-6-10-8-18-13(3,4)20-10/h9-10H,5-8H2,1-4H3/t9-,10-/m1/s1. The number of ether oxygens (including phenoxy) is 6. The van der Waals surface area contributed by atoms with Gasteiger partial charge in [-0.05, 0) is 27.7 Å². The summed E-state index contributed by atoms with van der Waals surface area (Å²) in [5, 5.41) is 0. The van der Waals surface area contributed by atoms with Gasteiger partial charge in [0.2, 0.25) is 0 Å². The maximum atomic E-state index is 11.4. The molecule has 2 saturated heterocycles. The SMILES string of the molecule is CC1(C)OC[C@@H](COC(=O)OC[C@@H]2COC(C)(C)O2)O1. The summed E-state index contributed by atoms with van der Waals surface area (Å²) in [6.45, 7) is 8.25. The summed E-state index contributed by atoms with van der Waals surface area (Å²) in [6.07, 6.45) is -1.27. The number of hydrogen-bond donors (Lipinski definition) is 0. The van der Waals surface area contributed by atoms with Gasteiger partial charge in [-0.3, -0.25) is 0 Å². The van der Waals surface area contributed by atoms with Crippen LogP contribution in [0, 0.1) is 0 Å². The zero-order chi connectivity index (χ0) is 14.8. The van der Waals surface area contributed by atoms with E-state index in [0.717, 1.165) is 0 Å². The molecule has 2 fully saturated rings. The highest BCUT2D eigenvalue weighted by molar-refractivity contribution is 5.59. The van der Waals surface area contributed by atoms with E-state index in [1.807, 2.05) is 27.7 Å². The number of hydrogen-bond acceptors (Lipinski definition) is 7. The number of carbonyl (C=O) groups is 1. The average molecular weight is 290 g/mol. The molecule has 0 radical (unpaired) electrons. The maximum Gasteiger partial charge on any atom is 0.508 e. The molecule has 0 aliphatic carbocycles. The minimum Gasteiger partial charge on any atom is -0.431 e. The molecule has 2 aliphatic heterocycles. The van der Waals surface area contributed by atoms with Crippen molar-refractivity contribution in [1.29, 1.82) is 0 Å². The van der Waals surface area contributed by atoms with Crippen LogP contribution in [0.4, 0.5) is 4.79 Å². The van der Waals surface area contributed by atoms with Crippen molar-refractivity contribution in [3.05, 3.63) is 0 Å². The molecule has 2 aliphatic rings. The van der Waals surface area contributed by atoms with Crippen LogP contribution >= 0.6 is 0 Å². The van der Waals surface area contributed by atoms with E-state index < -0.39 is 17.7 Å². The van der Waals surface area contributed by atoms with Gasteiger partial charge >= 0.3 is 6.16 Å². The smallest absolute Gasteiger partial charge is 0.431 e. The first-order valence-corrected chi connectivity index (χ1v) is 6.69. The van der Waals surface area contributed by atoms with Crippen LogP contribution in [0.25, 0.3) is 0 Å². The Kier molecular flexibility index (Phi) is 4.53. The molecule has 0 N–H and O–H groups in total. The quantitative estimate of drug-likeness (QED) is 0.725. The lowest BCUT2D eigenvalue weighted by molar-refractivity contribution is -0.146. The summed E-state index contributed by atoms with van der Waals surface area (Å²) in [5.74, 6) is -1.25. The Morgan fingerprint density at radius 2 is 1.35 bits per heavy atom. The van der Waals surface area contributed by atoms with Crippen LogP contribution in [-0.4, -0.2) is 56.4 Å². The number of carbonyl (C=O) groups excluding carboxylic acids is 1. The van der Waals surface area contributed by atoms with Crippen molar-refractivity contribution >= 4 is 6.16 Å². The molecule has 2 atom stereocenters. The second kappa shape index (κ2) is 5.85. The van der Waals surface area contributed by atoms with E-state index in [1.54, 1.807) is 0 Å². The molecule has 0 spiro atoms. The lowest BCUT2D eigenvalue weighted by Crippen LogP contribution is -2.27.